The van der Waals surface area contributed by atoms with Crippen molar-refractivity contribution in [1.82, 2.24) is 20.3 Å². The van der Waals surface area contributed by atoms with E-state index >= 15 is 0 Å². The fourth-order valence-electron chi connectivity index (χ4n) is 3.00. The van der Waals surface area contributed by atoms with E-state index in [9.17, 15) is 5.11 Å². The number of nitrogens with zero attached hydrogens (tertiary/aromatic N) is 2. The molecule has 0 aliphatic carbocycles. The fourth-order valence-corrected chi connectivity index (χ4v) is 3.36. The van der Waals surface area contributed by atoms with E-state index in [2.05, 4.69) is 31.2 Å². The monoisotopic (exact) mass is 346 g/mol. The number of aromatic nitrogens is 3. The van der Waals surface area contributed by atoms with Gasteiger partial charge in [0.25, 0.3) is 0 Å². The maximum Gasteiger partial charge on any atom is 0.239 e. The lowest BCUT2D eigenvalue weighted by Crippen LogP contribution is -2.27. The highest BCUT2D eigenvalue weighted by molar-refractivity contribution is 9.10. The Morgan fingerprint density at radius 1 is 1.19 bits per heavy atom. The molecule has 1 aliphatic rings. The predicted molar refractivity (Wildman–Crippen MR) is 85.6 cm³/mol. The number of H-pyrrole nitrogens is 1. The normalized spacial score (nSPS) is 16.8. The minimum atomic E-state index is 0.0425. The van der Waals surface area contributed by atoms with Crippen LogP contribution in [0.15, 0.2) is 22.7 Å². The van der Waals surface area contributed by atoms with Crippen LogP contribution in [0.5, 0.6) is 5.88 Å². The van der Waals surface area contributed by atoms with Crippen molar-refractivity contribution in [3.63, 3.8) is 0 Å². The summed E-state index contributed by atoms with van der Waals surface area (Å²) in [5, 5.41) is 14.6. The van der Waals surface area contributed by atoms with Gasteiger partial charge in [-0.05, 0) is 44.1 Å². The second-order valence-corrected chi connectivity index (χ2v) is 6.38. The van der Waals surface area contributed by atoms with Gasteiger partial charge in [0.1, 0.15) is 16.9 Å². The van der Waals surface area contributed by atoms with Crippen molar-refractivity contribution in [3.05, 3.63) is 28.5 Å². The van der Waals surface area contributed by atoms with Crippen LogP contribution in [0.2, 0.25) is 0 Å². The first-order valence-electron chi connectivity index (χ1n) is 7.11. The molecular formula is C15H15BrN4O. The third kappa shape index (κ3) is 2.18. The third-order valence-corrected chi connectivity index (χ3v) is 4.60. The number of aromatic hydroxyl groups is 1. The Kier molecular flexibility index (Phi) is 3.08. The van der Waals surface area contributed by atoms with E-state index in [0.29, 0.717) is 11.4 Å². The van der Waals surface area contributed by atoms with Gasteiger partial charge in [-0.1, -0.05) is 15.9 Å². The Morgan fingerprint density at radius 2 is 2.00 bits per heavy atom. The van der Waals surface area contributed by atoms with E-state index in [4.69, 9.17) is 4.98 Å². The van der Waals surface area contributed by atoms with Gasteiger partial charge >= 0.3 is 0 Å². The molecule has 0 radical (unpaired) electrons. The first kappa shape index (κ1) is 13.0. The van der Waals surface area contributed by atoms with Crippen molar-refractivity contribution in [2.45, 2.75) is 18.8 Å². The van der Waals surface area contributed by atoms with Gasteiger partial charge in [0, 0.05) is 21.3 Å². The molecule has 21 heavy (non-hydrogen) atoms. The Bertz CT molecular complexity index is 823. The summed E-state index contributed by atoms with van der Waals surface area (Å²) in [5.41, 5.74) is 2.37. The second-order valence-electron chi connectivity index (χ2n) is 5.47. The van der Waals surface area contributed by atoms with Crippen molar-refractivity contribution in [2.24, 2.45) is 0 Å². The number of halogens is 1. The van der Waals surface area contributed by atoms with Crippen LogP contribution in [0.3, 0.4) is 0 Å². The molecule has 0 bridgehead atoms. The van der Waals surface area contributed by atoms with Gasteiger partial charge in [-0.2, -0.15) is 4.98 Å². The molecule has 1 aliphatic heterocycles. The average Bonchev–Trinajstić information content (AvgIpc) is 2.86. The van der Waals surface area contributed by atoms with E-state index in [1.807, 2.05) is 18.2 Å². The van der Waals surface area contributed by atoms with Crippen LogP contribution in [0.25, 0.3) is 21.9 Å². The van der Waals surface area contributed by atoms with Gasteiger partial charge < -0.3 is 15.4 Å². The Balaban J connectivity index is 1.92. The molecule has 0 unspecified atom stereocenters. The van der Waals surface area contributed by atoms with E-state index < -0.39 is 0 Å². The Hall–Kier alpha value is -1.66. The maximum absolute atomic E-state index is 10.2. The van der Waals surface area contributed by atoms with Gasteiger partial charge in [0.15, 0.2) is 0 Å². The van der Waals surface area contributed by atoms with Crippen molar-refractivity contribution < 1.29 is 5.11 Å². The van der Waals surface area contributed by atoms with Crippen LogP contribution < -0.4 is 5.32 Å². The summed E-state index contributed by atoms with van der Waals surface area (Å²) < 4.78 is 0.993. The summed E-state index contributed by atoms with van der Waals surface area (Å²) in [4.78, 5) is 12.2. The van der Waals surface area contributed by atoms with Crippen LogP contribution in [-0.4, -0.2) is 33.1 Å². The molecule has 4 rings (SSSR count). The minimum Gasteiger partial charge on any atom is -0.492 e. The molecule has 0 amide bonds. The number of piperidine rings is 1. The van der Waals surface area contributed by atoms with Gasteiger partial charge in [0.05, 0.1) is 0 Å². The molecule has 2 aromatic heterocycles. The van der Waals surface area contributed by atoms with Gasteiger partial charge in [-0.25, -0.2) is 4.98 Å². The third-order valence-electron chi connectivity index (χ3n) is 4.11. The summed E-state index contributed by atoms with van der Waals surface area (Å²) >= 11 is 3.46. The van der Waals surface area contributed by atoms with Crippen LogP contribution in [-0.2, 0) is 0 Å². The Labute approximate surface area is 129 Å². The zero-order valence-electron chi connectivity index (χ0n) is 11.4. The summed E-state index contributed by atoms with van der Waals surface area (Å²) in [7, 11) is 0. The number of rotatable bonds is 1. The summed E-state index contributed by atoms with van der Waals surface area (Å²) in [6, 6.07) is 5.98. The summed E-state index contributed by atoms with van der Waals surface area (Å²) in [6.07, 6.45) is 2.03. The lowest BCUT2D eigenvalue weighted by Gasteiger charge is -2.21. The van der Waals surface area contributed by atoms with E-state index in [-0.39, 0.29) is 5.88 Å². The highest BCUT2D eigenvalue weighted by Crippen LogP contribution is 2.32. The van der Waals surface area contributed by atoms with E-state index in [1.165, 1.54) is 0 Å². The molecule has 1 aromatic carbocycles. The van der Waals surface area contributed by atoms with Crippen LogP contribution in [0, 0.1) is 0 Å². The highest BCUT2D eigenvalue weighted by atomic mass is 79.9. The smallest absolute Gasteiger partial charge is 0.239 e. The molecule has 108 valence electrons. The molecular weight excluding hydrogens is 332 g/mol. The molecule has 0 spiro atoms. The molecule has 3 heterocycles. The number of aromatic amines is 1. The number of fused-ring (bicyclic) bond motifs is 3. The van der Waals surface area contributed by atoms with Crippen LogP contribution in [0.4, 0.5) is 0 Å². The lowest BCUT2D eigenvalue weighted by molar-refractivity contribution is 0.424. The summed E-state index contributed by atoms with van der Waals surface area (Å²) in [6.45, 7) is 1.96. The average molecular weight is 347 g/mol. The number of hydrogen-bond acceptors (Lipinski definition) is 4. The quantitative estimate of drug-likeness (QED) is 0.633. The van der Waals surface area contributed by atoms with Gasteiger partial charge in [-0.15, -0.1) is 0 Å². The zero-order chi connectivity index (χ0) is 14.4. The maximum atomic E-state index is 10.2. The molecule has 5 nitrogen and oxygen atoms in total. The first-order chi connectivity index (χ1) is 10.2. The lowest BCUT2D eigenvalue weighted by atomic mass is 9.97. The number of nitrogens with one attached hydrogen (secondary N) is 2. The number of hydrogen-bond donors (Lipinski definition) is 3. The van der Waals surface area contributed by atoms with Crippen molar-refractivity contribution >= 4 is 37.9 Å². The highest BCUT2D eigenvalue weighted by Gasteiger charge is 2.21. The van der Waals surface area contributed by atoms with Crippen LogP contribution >= 0.6 is 15.9 Å². The topological polar surface area (TPSA) is 73.8 Å². The Morgan fingerprint density at radius 3 is 2.81 bits per heavy atom. The van der Waals surface area contributed by atoms with E-state index in [0.717, 1.165) is 52.6 Å². The summed E-state index contributed by atoms with van der Waals surface area (Å²) in [5.74, 6) is 1.12. The largest absolute Gasteiger partial charge is 0.492 e. The van der Waals surface area contributed by atoms with Crippen molar-refractivity contribution in [2.75, 3.05) is 13.1 Å². The molecule has 0 saturated carbocycles. The minimum absolute atomic E-state index is 0.0425. The standard InChI is InChI=1S/C15H15BrN4O/c16-9-1-2-10-11(7-9)18-13-12(10)19-14(20-15(13)21)8-3-5-17-6-4-8/h1-2,7-8,17-18H,3-6H2,(H,19,20,21). The molecule has 0 atom stereocenters. The van der Waals surface area contributed by atoms with Gasteiger partial charge in [0.2, 0.25) is 5.88 Å². The van der Waals surface area contributed by atoms with Crippen molar-refractivity contribution in [3.8, 4) is 5.88 Å². The molecule has 1 saturated heterocycles. The zero-order valence-corrected chi connectivity index (χ0v) is 12.9. The predicted octanol–water partition coefficient (Wildman–Crippen LogP) is 3.05. The van der Waals surface area contributed by atoms with E-state index in [1.54, 1.807) is 0 Å². The van der Waals surface area contributed by atoms with Gasteiger partial charge in [-0.3, -0.25) is 0 Å². The SMILES string of the molecule is Oc1nc(C2CCNCC2)nc2c1[nH]c1cc(Br)ccc12. The number of benzene rings is 1. The molecule has 3 N–H and O–H groups in total. The van der Waals surface area contributed by atoms with Crippen molar-refractivity contribution in [1.29, 1.82) is 0 Å². The molecule has 1 fully saturated rings. The second kappa shape index (κ2) is 4.96. The fraction of sp³-hybridized carbons (Fsp3) is 0.333. The van der Waals surface area contributed by atoms with Crippen LogP contribution in [0.1, 0.15) is 24.6 Å². The first-order valence-corrected chi connectivity index (χ1v) is 7.90. The molecule has 3 aromatic rings. The molecule has 6 heteroatoms.